The Kier molecular flexibility index (Phi) is 4.54. The quantitative estimate of drug-likeness (QED) is 0.839. The van der Waals surface area contributed by atoms with Gasteiger partial charge in [-0.05, 0) is 35.0 Å². The molecule has 0 amide bonds. The van der Waals surface area contributed by atoms with Gasteiger partial charge in [0.05, 0.1) is 11.8 Å². The van der Waals surface area contributed by atoms with Crippen molar-refractivity contribution in [3.8, 4) is 0 Å². The SMILES string of the molecule is CC(c1cccc(Br)c1)n1nnnc1SCC(=O)O. The fourth-order valence-electron chi connectivity index (χ4n) is 1.56. The molecule has 1 unspecified atom stereocenters. The number of halogens is 1. The summed E-state index contributed by atoms with van der Waals surface area (Å²) in [4.78, 5) is 10.6. The van der Waals surface area contributed by atoms with E-state index in [1.807, 2.05) is 31.2 Å². The van der Waals surface area contributed by atoms with Gasteiger partial charge in [0.1, 0.15) is 0 Å². The average Bonchev–Trinajstić information content (AvgIpc) is 2.83. The van der Waals surface area contributed by atoms with E-state index < -0.39 is 5.97 Å². The molecule has 0 radical (unpaired) electrons. The van der Waals surface area contributed by atoms with Crippen LogP contribution in [0.4, 0.5) is 0 Å². The molecule has 2 rings (SSSR count). The summed E-state index contributed by atoms with van der Waals surface area (Å²) in [6.45, 7) is 1.96. The van der Waals surface area contributed by atoms with Crippen LogP contribution < -0.4 is 0 Å². The zero-order valence-electron chi connectivity index (χ0n) is 10.0. The van der Waals surface area contributed by atoms with Gasteiger partial charge < -0.3 is 5.11 Å². The number of thioether (sulfide) groups is 1. The highest BCUT2D eigenvalue weighted by atomic mass is 79.9. The lowest BCUT2D eigenvalue weighted by atomic mass is 10.1. The molecule has 0 bridgehead atoms. The number of carboxylic acids is 1. The predicted molar refractivity (Wildman–Crippen MR) is 74.1 cm³/mol. The van der Waals surface area contributed by atoms with Gasteiger partial charge in [-0.3, -0.25) is 4.79 Å². The molecule has 0 aliphatic rings. The van der Waals surface area contributed by atoms with Gasteiger partial charge in [-0.15, -0.1) is 5.10 Å². The zero-order valence-corrected chi connectivity index (χ0v) is 12.4. The summed E-state index contributed by atoms with van der Waals surface area (Å²) in [5.41, 5.74) is 1.04. The molecule has 19 heavy (non-hydrogen) atoms. The molecule has 0 saturated carbocycles. The molecule has 0 aliphatic heterocycles. The molecule has 0 spiro atoms. The molecule has 1 atom stereocenters. The summed E-state index contributed by atoms with van der Waals surface area (Å²) in [6, 6.07) is 7.77. The number of tetrazole rings is 1. The van der Waals surface area contributed by atoms with E-state index in [9.17, 15) is 4.79 Å². The second-order valence-electron chi connectivity index (χ2n) is 3.82. The maximum absolute atomic E-state index is 10.6. The van der Waals surface area contributed by atoms with E-state index in [4.69, 9.17) is 5.11 Å². The van der Waals surface area contributed by atoms with Gasteiger partial charge in [-0.25, -0.2) is 4.68 Å². The highest BCUT2D eigenvalue weighted by Gasteiger charge is 2.16. The van der Waals surface area contributed by atoms with Gasteiger partial charge in [0, 0.05) is 4.47 Å². The van der Waals surface area contributed by atoms with E-state index in [-0.39, 0.29) is 11.8 Å². The van der Waals surface area contributed by atoms with E-state index in [2.05, 4.69) is 31.5 Å². The third-order valence-electron chi connectivity index (χ3n) is 2.49. The first-order valence-electron chi connectivity index (χ1n) is 5.46. The standard InChI is InChI=1S/C11H11BrN4O2S/c1-7(8-3-2-4-9(12)5-8)16-11(13-14-15-16)19-6-10(17)18/h2-5,7H,6H2,1H3,(H,17,18). The Morgan fingerprint density at radius 1 is 1.58 bits per heavy atom. The van der Waals surface area contributed by atoms with Crippen LogP contribution in [0.1, 0.15) is 18.5 Å². The Hall–Kier alpha value is -1.41. The topological polar surface area (TPSA) is 80.9 Å². The van der Waals surface area contributed by atoms with E-state index in [1.165, 1.54) is 0 Å². The molecule has 1 aromatic carbocycles. The predicted octanol–water partition coefficient (Wildman–Crippen LogP) is 2.22. The van der Waals surface area contributed by atoms with Gasteiger partial charge in [0.15, 0.2) is 0 Å². The number of aromatic nitrogens is 4. The molecule has 0 fully saturated rings. The lowest BCUT2D eigenvalue weighted by Crippen LogP contribution is -2.11. The van der Waals surface area contributed by atoms with Gasteiger partial charge in [0.25, 0.3) is 0 Å². The van der Waals surface area contributed by atoms with Crippen molar-refractivity contribution < 1.29 is 9.90 Å². The van der Waals surface area contributed by atoms with Crippen LogP contribution >= 0.6 is 27.7 Å². The molecule has 0 aliphatic carbocycles. The van der Waals surface area contributed by atoms with Crippen molar-refractivity contribution in [1.29, 1.82) is 0 Å². The van der Waals surface area contributed by atoms with E-state index >= 15 is 0 Å². The van der Waals surface area contributed by atoms with Crippen molar-refractivity contribution in [3.05, 3.63) is 34.3 Å². The van der Waals surface area contributed by atoms with Crippen molar-refractivity contribution in [2.45, 2.75) is 18.1 Å². The Morgan fingerprint density at radius 3 is 3.05 bits per heavy atom. The molecule has 1 N–H and O–H groups in total. The number of hydrogen-bond donors (Lipinski definition) is 1. The van der Waals surface area contributed by atoms with Crippen molar-refractivity contribution >= 4 is 33.7 Å². The van der Waals surface area contributed by atoms with Gasteiger partial charge in [-0.2, -0.15) is 0 Å². The first-order chi connectivity index (χ1) is 9.08. The number of rotatable bonds is 5. The Balaban J connectivity index is 2.22. The molecular formula is C11H11BrN4O2S. The average molecular weight is 343 g/mol. The fourth-order valence-corrected chi connectivity index (χ4v) is 2.65. The van der Waals surface area contributed by atoms with Crippen molar-refractivity contribution in [1.82, 2.24) is 20.2 Å². The second-order valence-corrected chi connectivity index (χ2v) is 5.68. The van der Waals surface area contributed by atoms with Gasteiger partial charge in [-0.1, -0.05) is 39.8 Å². The van der Waals surface area contributed by atoms with Crippen molar-refractivity contribution in [2.24, 2.45) is 0 Å². The van der Waals surface area contributed by atoms with Gasteiger partial charge >= 0.3 is 5.97 Å². The smallest absolute Gasteiger partial charge is 0.313 e. The third kappa shape index (κ3) is 3.54. The highest BCUT2D eigenvalue weighted by molar-refractivity contribution is 9.10. The minimum absolute atomic E-state index is 0.0639. The van der Waals surface area contributed by atoms with Crippen molar-refractivity contribution in [3.63, 3.8) is 0 Å². The summed E-state index contributed by atoms with van der Waals surface area (Å²) >= 11 is 4.52. The number of carbonyl (C=O) groups is 1. The lowest BCUT2D eigenvalue weighted by molar-refractivity contribution is -0.133. The van der Waals surface area contributed by atoms with Crippen LogP contribution in [0.25, 0.3) is 0 Å². The summed E-state index contributed by atoms with van der Waals surface area (Å²) < 4.78 is 2.60. The molecule has 8 heteroatoms. The summed E-state index contributed by atoms with van der Waals surface area (Å²) in [5.74, 6) is -0.958. The number of hydrogen-bond acceptors (Lipinski definition) is 5. The maximum Gasteiger partial charge on any atom is 0.313 e. The minimum Gasteiger partial charge on any atom is -0.481 e. The first kappa shape index (κ1) is 14.0. The molecule has 0 saturated heterocycles. The Bertz CT molecular complexity index is 590. The van der Waals surface area contributed by atoms with Crippen LogP contribution in [-0.4, -0.2) is 37.0 Å². The van der Waals surface area contributed by atoms with Crippen LogP contribution in [0.15, 0.2) is 33.9 Å². The molecular weight excluding hydrogens is 332 g/mol. The monoisotopic (exact) mass is 342 g/mol. The third-order valence-corrected chi connectivity index (χ3v) is 3.90. The van der Waals surface area contributed by atoms with Crippen molar-refractivity contribution in [2.75, 3.05) is 5.75 Å². The van der Waals surface area contributed by atoms with Crippen LogP contribution in [0.5, 0.6) is 0 Å². The van der Waals surface area contributed by atoms with Crippen LogP contribution in [0, 0.1) is 0 Å². The molecule has 1 heterocycles. The Labute approximate surface area is 122 Å². The summed E-state index contributed by atoms with van der Waals surface area (Å²) in [7, 11) is 0. The molecule has 1 aromatic heterocycles. The first-order valence-corrected chi connectivity index (χ1v) is 7.23. The van der Waals surface area contributed by atoms with E-state index in [0.717, 1.165) is 21.8 Å². The van der Waals surface area contributed by atoms with Crippen LogP contribution in [-0.2, 0) is 4.79 Å². The number of carboxylic acid groups (broad SMARTS) is 1. The second kappa shape index (κ2) is 6.16. The highest BCUT2D eigenvalue weighted by Crippen LogP contribution is 2.24. The zero-order chi connectivity index (χ0) is 13.8. The minimum atomic E-state index is -0.894. The van der Waals surface area contributed by atoms with E-state index in [0.29, 0.717) is 5.16 Å². The number of nitrogens with zero attached hydrogens (tertiary/aromatic N) is 4. The molecule has 100 valence electrons. The summed E-state index contributed by atoms with van der Waals surface area (Å²) in [6.07, 6.45) is 0. The maximum atomic E-state index is 10.6. The lowest BCUT2D eigenvalue weighted by Gasteiger charge is -2.13. The van der Waals surface area contributed by atoms with Crippen LogP contribution in [0.2, 0.25) is 0 Å². The fraction of sp³-hybridized carbons (Fsp3) is 0.273. The molecule has 6 nitrogen and oxygen atoms in total. The summed E-state index contributed by atoms with van der Waals surface area (Å²) in [5, 5.41) is 20.6. The van der Waals surface area contributed by atoms with Crippen LogP contribution in [0.3, 0.4) is 0 Å². The molecule has 2 aromatic rings. The van der Waals surface area contributed by atoms with E-state index in [1.54, 1.807) is 4.68 Å². The normalized spacial score (nSPS) is 12.3. The Morgan fingerprint density at radius 2 is 2.37 bits per heavy atom. The van der Waals surface area contributed by atoms with Gasteiger partial charge in [0.2, 0.25) is 5.16 Å². The largest absolute Gasteiger partial charge is 0.481 e. The number of aliphatic carboxylic acids is 1. The number of benzene rings is 1.